The number of aliphatic hydroxyl groups is 1. The first-order valence-electron chi connectivity index (χ1n) is 1.16. The number of aliphatic hydroxyl groups excluding tert-OH is 1. The number of rotatable bonds is 1. The van der Waals surface area contributed by atoms with Crippen molar-refractivity contribution in [3.05, 3.63) is 6.92 Å². The van der Waals surface area contributed by atoms with E-state index in [-0.39, 0.29) is 0 Å². The first kappa shape index (κ1) is 5.05. The lowest BCUT2D eigenvalue weighted by Gasteiger charge is -1.81. The van der Waals surface area contributed by atoms with Crippen LogP contribution in [0.2, 0.25) is 0 Å². The maximum Gasteiger partial charge on any atom is 0.0903 e. The molecule has 0 spiro atoms. The van der Waals surface area contributed by atoms with Crippen molar-refractivity contribution in [1.82, 2.24) is 0 Å². The second kappa shape index (κ2) is 2.30. The van der Waals surface area contributed by atoms with E-state index < -0.39 is 6.10 Å². The molecule has 0 aliphatic rings. The van der Waals surface area contributed by atoms with E-state index >= 15 is 0 Å². The average molecular weight is 88.1 g/mol. The first-order valence-corrected chi connectivity index (χ1v) is 1.57. The summed E-state index contributed by atoms with van der Waals surface area (Å²) in [5.41, 5.74) is 0. The van der Waals surface area contributed by atoms with Gasteiger partial charge < -0.3 is 5.11 Å². The monoisotopic (exact) mass is 88.0 g/mol. The molecule has 0 heterocycles. The Morgan fingerprint density at radius 1 is 2.00 bits per heavy atom. The van der Waals surface area contributed by atoms with Crippen LogP contribution in [0.1, 0.15) is 0 Å². The number of thiocarbonyl (C=S) groups is 1. The molecule has 0 fully saturated rings. The molecule has 0 aromatic heterocycles. The maximum absolute atomic E-state index is 8.03. The maximum atomic E-state index is 8.03. The van der Waals surface area contributed by atoms with Gasteiger partial charge in [-0.05, 0) is 6.92 Å². The third kappa shape index (κ3) is 4.05. The normalized spacial score (nSPS) is 14.0. The van der Waals surface area contributed by atoms with Crippen molar-refractivity contribution in [3.8, 4) is 0 Å². The second-order valence-corrected chi connectivity index (χ2v) is 0.869. The van der Waals surface area contributed by atoms with Gasteiger partial charge in [-0.15, -0.1) is 0 Å². The molecule has 0 amide bonds. The molecule has 0 bridgehead atoms. The van der Waals surface area contributed by atoms with Gasteiger partial charge in [-0.25, -0.2) is 0 Å². The third-order valence-corrected chi connectivity index (χ3v) is 0.408. The lowest BCUT2D eigenvalue weighted by molar-refractivity contribution is 0.293. The molecular weight excluding hydrogens is 84.1 g/mol. The molecule has 0 saturated carbocycles. The molecule has 1 nitrogen and oxygen atoms in total. The van der Waals surface area contributed by atoms with Crippen molar-refractivity contribution in [2.45, 2.75) is 6.10 Å². The van der Waals surface area contributed by atoms with Crippen LogP contribution in [-0.2, 0) is 0 Å². The Bertz CT molecular complexity index is 33.9. The molecule has 0 aliphatic carbocycles. The molecule has 1 unspecified atom stereocenters. The minimum Gasteiger partial charge on any atom is -0.388 e. The van der Waals surface area contributed by atoms with Crippen LogP contribution in [0.5, 0.6) is 0 Å². The van der Waals surface area contributed by atoms with Crippen molar-refractivity contribution < 1.29 is 5.11 Å². The highest BCUT2D eigenvalue weighted by Crippen LogP contribution is 1.65. The van der Waals surface area contributed by atoms with Gasteiger partial charge >= 0.3 is 0 Å². The molecule has 5 heavy (non-hydrogen) atoms. The van der Waals surface area contributed by atoms with Gasteiger partial charge in [-0.3, -0.25) is 0 Å². The quantitative estimate of drug-likeness (QED) is 0.457. The molecule has 0 rings (SSSR count). The highest BCUT2D eigenvalue weighted by molar-refractivity contribution is 7.79. The molecule has 1 atom stereocenters. The fourth-order valence-electron chi connectivity index (χ4n) is 0. The zero-order chi connectivity index (χ0) is 4.28. The van der Waals surface area contributed by atoms with Gasteiger partial charge in [-0.2, -0.15) is 0 Å². The van der Waals surface area contributed by atoms with Gasteiger partial charge in [0.05, 0.1) is 11.5 Å². The molecule has 0 saturated heterocycles. The van der Waals surface area contributed by atoms with Gasteiger partial charge in [0, 0.05) is 0 Å². The molecule has 1 N–H and O–H groups in total. The molecular formula is C3H4OS. The highest BCUT2D eigenvalue weighted by atomic mass is 32.1. The lowest BCUT2D eigenvalue weighted by Crippen LogP contribution is -1.96. The summed E-state index contributed by atoms with van der Waals surface area (Å²) in [4.78, 5) is 0. The summed E-state index contributed by atoms with van der Waals surface area (Å²) in [6.07, 6.45) is -0.801. The van der Waals surface area contributed by atoms with Crippen molar-refractivity contribution in [2.75, 3.05) is 0 Å². The Kier molecular flexibility index (Phi) is 2.32. The van der Waals surface area contributed by atoms with E-state index in [1.807, 2.05) is 0 Å². The minimum absolute atomic E-state index is 0.801. The minimum atomic E-state index is -0.801. The summed E-state index contributed by atoms with van der Waals surface area (Å²) in [7, 11) is 0. The van der Waals surface area contributed by atoms with E-state index in [0.717, 1.165) is 0 Å². The lowest BCUT2D eigenvalue weighted by atomic mass is 10.5. The second-order valence-electron chi connectivity index (χ2n) is 0.634. The summed E-state index contributed by atoms with van der Waals surface area (Å²) in [6, 6.07) is 0. The Morgan fingerprint density at radius 3 is 2.20 bits per heavy atom. The fourth-order valence-corrected chi connectivity index (χ4v) is 0. The molecule has 0 aromatic carbocycles. The van der Waals surface area contributed by atoms with Crippen molar-refractivity contribution in [2.24, 2.45) is 0 Å². The molecule has 2 radical (unpaired) electrons. The van der Waals surface area contributed by atoms with Crippen LogP contribution in [0.4, 0.5) is 0 Å². The van der Waals surface area contributed by atoms with Crippen LogP contribution >= 0.6 is 12.2 Å². The van der Waals surface area contributed by atoms with E-state index in [9.17, 15) is 0 Å². The number of hydrogen-bond donors (Lipinski definition) is 1. The third-order valence-electron chi connectivity index (χ3n) is 0.136. The van der Waals surface area contributed by atoms with Crippen LogP contribution in [0.15, 0.2) is 0 Å². The zero-order valence-electron chi connectivity index (χ0n) is 2.64. The average Bonchev–Trinajstić information content (AvgIpc) is 1.38. The van der Waals surface area contributed by atoms with Gasteiger partial charge in [0.1, 0.15) is 0 Å². The van der Waals surface area contributed by atoms with Crippen LogP contribution in [-0.4, -0.2) is 16.6 Å². The zero-order valence-corrected chi connectivity index (χ0v) is 3.46. The Labute approximate surface area is 36.6 Å². The van der Waals surface area contributed by atoms with Crippen molar-refractivity contribution in [1.29, 1.82) is 0 Å². The van der Waals surface area contributed by atoms with E-state index in [1.165, 1.54) is 0 Å². The largest absolute Gasteiger partial charge is 0.388 e. The molecule has 0 aliphatic heterocycles. The van der Waals surface area contributed by atoms with Crippen LogP contribution in [0, 0.1) is 6.92 Å². The van der Waals surface area contributed by atoms with Crippen molar-refractivity contribution in [3.63, 3.8) is 0 Å². The predicted octanol–water partition coefficient (Wildman–Crippen LogP) is 0.0581. The number of hydrogen-bond acceptors (Lipinski definition) is 2. The summed E-state index contributed by atoms with van der Waals surface area (Å²) in [5.74, 6) is 0. The van der Waals surface area contributed by atoms with E-state index in [1.54, 1.807) is 0 Å². The van der Waals surface area contributed by atoms with Gasteiger partial charge in [-0.1, -0.05) is 12.2 Å². The standard InChI is InChI=1S/C3H4OS/c1-3(4)2-5/h3-4H,1H2. The predicted molar refractivity (Wildman–Crippen MR) is 24.0 cm³/mol. The van der Waals surface area contributed by atoms with Gasteiger partial charge in [0.2, 0.25) is 0 Å². The van der Waals surface area contributed by atoms with Gasteiger partial charge in [0.25, 0.3) is 0 Å². The summed E-state index contributed by atoms with van der Waals surface area (Å²) in [5, 5.41) is 10.1. The Hall–Kier alpha value is 0.0500. The van der Waals surface area contributed by atoms with Crippen LogP contribution in [0.25, 0.3) is 0 Å². The van der Waals surface area contributed by atoms with Gasteiger partial charge in [0.15, 0.2) is 0 Å². The van der Waals surface area contributed by atoms with E-state index in [2.05, 4.69) is 24.5 Å². The molecule has 2 heteroatoms. The first-order chi connectivity index (χ1) is 2.27. The molecule has 28 valence electrons. The SMILES string of the molecule is [CH2]C(O)[C]=S. The van der Waals surface area contributed by atoms with Crippen LogP contribution in [0.3, 0.4) is 0 Å². The smallest absolute Gasteiger partial charge is 0.0903 e. The Morgan fingerprint density at radius 2 is 2.20 bits per heavy atom. The summed E-state index contributed by atoms with van der Waals surface area (Å²) in [6.45, 7) is 3.10. The van der Waals surface area contributed by atoms with Crippen molar-refractivity contribution >= 4 is 17.6 Å². The molecule has 0 aromatic rings. The Balaban J connectivity index is 2.83. The van der Waals surface area contributed by atoms with E-state index in [0.29, 0.717) is 0 Å². The fraction of sp³-hybridized carbons (Fsp3) is 0.333. The summed E-state index contributed by atoms with van der Waals surface area (Å²) >= 11 is 4.11. The highest BCUT2D eigenvalue weighted by Gasteiger charge is 1.79. The topological polar surface area (TPSA) is 20.2 Å². The van der Waals surface area contributed by atoms with E-state index in [4.69, 9.17) is 5.11 Å². The summed E-state index contributed by atoms with van der Waals surface area (Å²) < 4.78 is 0. The van der Waals surface area contributed by atoms with Crippen LogP contribution < -0.4 is 0 Å².